The predicted octanol–water partition coefficient (Wildman–Crippen LogP) is 0.347. The first-order valence-corrected chi connectivity index (χ1v) is 7.99. The third-order valence-corrected chi connectivity index (χ3v) is 4.48. The van der Waals surface area contributed by atoms with Gasteiger partial charge in [-0.05, 0) is 5.56 Å². The first-order valence-electron chi connectivity index (χ1n) is 7.99. The van der Waals surface area contributed by atoms with Crippen molar-refractivity contribution in [2.24, 2.45) is 5.92 Å². The van der Waals surface area contributed by atoms with E-state index in [1.54, 1.807) is 4.90 Å². The summed E-state index contributed by atoms with van der Waals surface area (Å²) in [4.78, 5) is 39.2. The van der Waals surface area contributed by atoms with Crippen LogP contribution in [0.25, 0.3) is 0 Å². The van der Waals surface area contributed by atoms with E-state index in [4.69, 9.17) is 4.74 Å². The fraction of sp³-hybridized carbons (Fsp3) is 0.471. The van der Waals surface area contributed by atoms with Gasteiger partial charge in [0, 0.05) is 26.1 Å². The fourth-order valence-electron chi connectivity index (χ4n) is 3.20. The van der Waals surface area contributed by atoms with Crippen LogP contribution in [0.5, 0.6) is 0 Å². The largest absolute Gasteiger partial charge is 0.480 e. The maximum atomic E-state index is 12.7. The highest BCUT2D eigenvalue weighted by atomic mass is 16.5. The van der Waals surface area contributed by atoms with Crippen molar-refractivity contribution in [1.29, 1.82) is 0 Å². The lowest BCUT2D eigenvalue weighted by molar-refractivity contribution is -0.160. The van der Waals surface area contributed by atoms with Crippen LogP contribution in [0.3, 0.4) is 0 Å². The van der Waals surface area contributed by atoms with E-state index in [9.17, 15) is 19.5 Å². The Hall–Kier alpha value is -2.41. The SMILES string of the molecule is O=C(O)C1COCCN1C(=O)C1CC(=O)N(Cc2ccccc2)C1. The Labute approximate surface area is 139 Å². The number of aliphatic carboxylic acids is 1. The van der Waals surface area contributed by atoms with E-state index in [1.807, 2.05) is 30.3 Å². The highest BCUT2D eigenvalue weighted by molar-refractivity contribution is 5.91. The number of nitrogens with zero attached hydrogens (tertiary/aromatic N) is 2. The molecule has 1 aromatic rings. The van der Waals surface area contributed by atoms with Crippen molar-refractivity contribution < 1.29 is 24.2 Å². The number of ether oxygens (including phenoxy) is 1. The molecule has 0 aromatic heterocycles. The van der Waals surface area contributed by atoms with Crippen LogP contribution in [0, 0.1) is 5.92 Å². The van der Waals surface area contributed by atoms with Crippen LogP contribution in [0.2, 0.25) is 0 Å². The Kier molecular flexibility index (Phi) is 4.80. The molecule has 0 radical (unpaired) electrons. The molecule has 0 saturated carbocycles. The Morgan fingerprint density at radius 2 is 2.00 bits per heavy atom. The van der Waals surface area contributed by atoms with Crippen molar-refractivity contribution in [3.05, 3.63) is 35.9 Å². The molecule has 2 unspecified atom stereocenters. The highest BCUT2D eigenvalue weighted by Gasteiger charge is 2.41. The average molecular weight is 332 g/mol. The van der Waals surface area contributed by atoms with Gasteiger partial charge in [0.15, 0.2) is 6.04 Å². The third-order valence-electron chi connectivity index (χ3n) is 4.48. The van der Waals surface area contributed by atoms with Gasteiger partial charge in [-0.3, -0.25) is 9.59 Å². The summed E-state index contributed by atoms with van der Waals surface area (Å²) in [5, 5.41) is 9.25. The van der Waals surface area contributed by atoms with E-state index in [-0.39, 0.29) is 31.4 Å². The van der Waals surface area contributed by atoms with Crippen LogP contribution in [0.15, 0.2) is 30.3 Å². The number of carboxylic acid groups (broad SMARTS) is 1. The second kappa shape index (κ2) is 7.00. The maximum Gasteiger partial charge on any atom is 0.328 e. The van der Waals surface area contributed by atoms with Crippen molar-refractivity contribution in [3.8, 4) is 0 Å². The van der Waals surface area contributed by atoms with E-state index in [0.29, 0.717) is 19.7 Å². The van der Waals surface area contributed by atoms with Gasteiger partial charge in [0.25, 0.3) is 0 Å². The molecular weight excluding hydrogens is 312 g/mol. The molecule has 2 aliphatic rings. The topological polar surface area (TPSA) is 87.1 Å². The molecule has 24 heavy (non-hydrogen) atoms. The molecule has 2 heterocycles. The molecule has 7 heteroatoms. The smallest absolute Gasteiger partial charge is 0.328 e. The Balaban J connectivity index is 1.66. The van der Waals surface area contributed by atoms with Gasteiger partial charge in [0.05, 0.1) is 19.1 Å². The monoisotopic (exact) mass is 332 g/mol. The van der Waals surface area contributed by atoms with Gasteiger partial charge in [-0.2, -0.15) is 0 Å². The van der Waals surface area contributed by atoms with E-state index in [0.717, 1.165) is 5.56 Å². The predicted molar refractivity (Wildman–Crippen MR) is 83.9 cm³/mol. The van der Waals surface area contributed by atoms with Gasteiger partial charge < -0.3 is 19.6 Å². The minimum absolute atomic E-state index is 0.00449. The molecule has 1 aromatic carbocycles. The normalized spacial score (nSPS) is 24.2. The number of amides is 2. The molecule has 2 fully saturated rings. The van der Waals surface area contributed by atoms with Crippen LogP contribution in [-0.2, 0) is 25.7 Å². The zero-order valence-electron chi connectivity index (χ0n) is 13.3. The summed E-state index contributed by atoms with van der Waals surface area (Å²) >= 11 is 0. The van der Waals surface area contributed by atoms with Gasteiger partial charge in [-0.1, -0.05) is 30.3 Å². The molecule has 2 amide bonds. The standard InChI is InChI=1S/C17H20N2O5/c20-15-8-13(10-18(15)9-12-4-2-1-3-5-12)16(21)19-6-7-24-11-14(19)17(22)23/h1-5,13-14H,6-11H2,(H,22,23). The number of benzene rings is 1. The Morgan fingerprint density at radius 3 is 2.71 bits per heavy atom. The third kappa shape index (κ3) is 3.41. The van der Waals surface area contributed by atoms with Gasteiger partial charge in [0.2, 0.25) is 11.8 Å². The van der Waals surface area contributed by atoms with Crippen LogP contribution >= 0.6 is 0 Å². The number of morpholine rings is 1. The van der Waals surface area contributed by atoms with Gasteiger partial charge >= 0.3 is 5.97 Å². The lowest BCUT2D eigenvalue weighted by Gasteiger charge is -2.34. The van der Waals surface area contributed by atoms with Crippen molar-refractivity contribution in [3.63, 3.8) is 0 Å². The van der Waals surface area contributed by atoms with E-state index in [1.165, 1.54) is 4.90 Å². The zero-order valence-corrected chi connectivity index (χ0v) is 13.3. The number of carbonyl (C=O) groups excluding carboxylic acids is 2. The summed E-state index contributed by atoms with van der Waals surface area (Å²) in [7, 11) is 0. The Bertz CT molecular complexity index is 633. The molecule has 1 N–H and O–H groups in total. The molecule has 7 nitrogen and oxygen atoms in total. The van der Waals surface area contributed by atoms with Crippen molar-refractivity contribution in [1.82, 2.24) is 9.80 Å². The van der Waals surface area contributed by atoms with Crippen molar-refractivity contribution in [2.75, 3.05) is 26.3 Å². The number of carboxylic acids is 1. The summed E-state index contributed by atoms with van der Waals surface area (Å²) in [6.45, 7) is 1.36. The summed E-state index contributed by atoms with van der Waals surface area (Å²) in [6.07, 6.45) is 0.134. The lowest BCUT2D eigenvalue weighted by Crippen LogP contribution is -2.54. The lowest BCUT2D eigenvalue weighted by atomic mass is 10.1. The first kappa shape index (κ1) is 16.4. The minimum Gasteiger partial charge on any atom is -0.480 e. The van der Waals surface area contributed by atoms with E-state index in [2.05, 4.69) is 0 Å². The summed E-state index contributed by atoms with van der Waals surface area (Å²) in [5.74, 6) is -1.90. The van der Waals surface area contributed by atoms with Gasteiger partial charge in [-0.25, -0.2) is 4.79 Å². The summed E-state index contributed by atoms with van der Waals surface area (Å²) in [5.41, 5.74) is 1.01. The van der Waals surface area contributed by atoms with Crippen molar-refractivity contribution in [2.45, 2.75) is 19.0 Å². The molecule has 128 valence electrons. The molecule has 0 spiro atoms. The zero-order chi connectivity index (χ0) is 17.1. The average Bonchev–Trinajstić information content (AvgIpc) is 2.96. The number of rotatable bonds is 4. The first-order chi connectivity index (χ1) is 11.6. The van der Waals surface area contributed by atoms with Gasteiger partial charge in [-0.15, -0.1) is 0 Å². The van der Waals surface area contributed by atoms with E-state index >= 15 is 0 Å². The fourth-order valence-corrected chi connectivity index (χ4v) is 3.20. The molecule has 2 saturated heterocycles. The van der Waals surface area contributed by atoms with Crippen LogP contribution in [0.4, 0.5) is 0 Å². The number of carbonyl (C=O) groups is 3. The molecule has 0 bridgehead atoms. The van der Waals surface area contributed by atoms with Crippen LogP contribution in [-0.4, -0.2) is 65.0 Å². The molecule has 3 rings (SSSR count). The molecular formula is C17H20N2O5. The minimum atomic E-state index is -1.08. The maximum absolute atomic E-state index is 12.7. The summed E-state index contributed by atoms with van der Waals surface area (Å²) in [6, 6.07) is 8.62. The van der Waals surface area contributed by atoms with Crippen molar-refractivity contribution >= 4 is 17.8 Å². The quantitative estimate of drug-likeness (QED) is 0.859. The number of hydrogen-bond donors (Lipinski definition) is 1. The molecule has 2 atom stereocenters. The van der Waals surface area contributed by atoms with E-state index < -0.39 is 17.9 Å². The molecule has 2 aliphatic heterocycles. The number of hydrogen-bond acceptors (Lipinski definition) is 4. The van der Waals surface area contributed by atoms with Crippen LogP contribution in [0.1, 0.15) is 12.0 Å². The van der Waals surface area contributed by atoms with Crippen LogP contribution < -0.4 is 0 Å². The Morgan fingerprint density at radius 1 is 1.25 bits per heavy atom. The second-order valence-electron chi connectivity index (χ2n) is 6.12. The molecule has 0 aliphatic carbocycles. The summed E-state index contributed by atoms with van der Waals surface area (Å²) < 4.78 is 5.16. The number of likely N-dealkylation sites (tertiary alicyclic amines) is 1. The van der Waals surface area contributed by atoms with Gasteiger partial charge in [0.1, 0.15) is 0 Å². The second-order valence-corrected chi connectivity index (χ2v) is 6.12. The highest BCUT2D eigenvalue weighted by Crippen LogP contribution is 2.24.